The van der Waals surface area contributed by atoms with Crippen molar-refractivity contribution < 1.29 is 24.2 Å². The van der Waals surface area contributed by atoms with Crippen LogP contribution in [0.4, 0.5) is 0 Å². The second kappa shape index (κ2) is 8.38. The number of ether oxygens (including phenoxy) is 2. The Bertz CT molecular complexity index is 499. The summed E-state index contributed by atoms with van der Waals surface area (Å²) in [6, 6.07) is -1.31. The van der Waals surface area contributed by atoms with Crippen molar-refractivity contribution >= 4 is 11.9 Å². The van der Waals surface area contributed by atoms with Crippen LogP contribution in [0.25, 0.3) is 10.4 Å². The molecule has 0 saturated carbocycles. The van der Waals surface area contributed by atoms with Crippen molar-refractivity contribution in [2.45, 2.75) is 44.6 Å². The predicted molar refractivity (Wildman–Crippen MR) is 76.7 cm³/mol. The highest BCUT2D eigenvalue weighted by Gasteiger charge is 2.36. The number of aliphatic hydroxyl groups is 1. The Labute approximate surface area is 127 Å². The molecule has 1 unspecified atom stereocenters. The van der Waals surface area contributed by atoms with Gasteiger partial charge in [-0.1, -0.05) is 5.11 Å². The first kappa shape index (κ1) is 18.0. The quantitative estimate of drug-likeness (QED) is 0.317. The van der Waals surface area contributed by atoms with Crippen LogP contribution >= 0.6 is 0 Å². The Morgan fingerprint density at radius 3 is 2.82 bits per heavy atom. The van der Waals surface area contributed by atoms with E-state index in [9.17, 15) is 14.7 Å². The maximum absolute atomic E-state index is 11.7. The number of carbonyl (C=O) groups is 2. The molecule has 0 aliphatic heterocycles. The standard InChI is InChI=1S/C13H20N4O5/c1-7(18)6-22-11-5-9(13(20)21-3)4-10(16-17-14)12(11)15-8(2)19/h5,7,10-12,18H,4,6H2,1-3H3,(H,15,19)/t7?,10-,11+,12+/m0/s1. The minimum absolute atomic E-state index is 0.00862. The summed E-state index contributed by atoms with van der Waals surface area (Å²) in [5.74, 6) is -0.867. The molecule has 22 heavy (non-hydrogen) atoms. The molecule has 0 saturated heterocycles. The van der Waals surface area contributed by atoms with Gasteiger partial charge in [-0.2, -0.15) is 0 Å². The van der Waals surface area contributed by atoms with Gasteiger partial charge < -0.3 is 19.9 Å². The Balaban J connectivity index is 3.09. The molecule has 9 nitrogen and oxygen atoms in total. The average molecular weight is 312 g/mol. The average Bonchev–Trinajstić information content (AvgIpc) is 2.46. The molecule has 9 heteroatoms. The second-order valence-electron chi connectivity index (χ2n) is 5.03. The first-order chi connectivity index (χ1) is 10.4. The largest absolute Gasteiger partial charge is 0.466 e. The summed E-state index contributed by atoms with van der Waals surface area (Å²) >= 11 is 0. The number of methoxy groups -OCH3 is 1. The van der Waals surface area contributed by atoms with E-state index >= 15 is 0 Å². The van der Waals surface area contributed by atoms with Gasteiger partial charge in [-0.25, -0.2) is 4.79 Å². The molecule has 0 bridgehead atoms. The fraction of sp³-hybridized carbons (Fsp3) is 0.692. The normalized spacial score (nSPS) is 25.5. The van der Waals surface area contributed by atoms with Gasteiger partial charge in [-0.05, 0) is 25.0 Å². The first-order valence-electron chi connectivity index (χ1n) is 6.79. The number of carbonyl (C=O) groups excluding carboxylic acids is 2. The van der Waals surface area contributed by atoms with Crippen molar-refractivity contribution in [2.24, 2.45) is 5.11 Å². The predicted octanol–water partition coefficient (Wildman–Crippen LogP) is 0.439. The zero-order chi connectivity index (χ0) is 16.7. The van der Waals surface area contributed by atoms with E-state index < -0.39 is 30.3 Å². The monoisotopic (exact) mass is 312 g/mol. The molecule has 1 amide bonds. The summed E-state index contributed by atoms with van der Waals surface area (Å²) in [6.07, 6.45) is 0.235. The molecule has 2 N–H and O–H groups in total. The van der Waals surface area contributed by atoms with Gasteiger partial charge in [0, 0.05) is 17.4 Å². The van der Waals surface area contributed by atoms with Crippen LogP contribution in [0.1, 0.15) is 20.3 Å². The summed E-state index contributed by atoms with van der Waals surface area (Å²) in [5, 5.41) is 15.6. The lowest BCUT2D eigenvalue weighted by molar-refractivity contribution is -0.136. The van der Waals surface area contributed by atoms with E-state index in [4.69, 9.17) is 10.3 Å². The highest BCUT2D eigenvalue weighted by atomic mass is 16.5. The molecule has 0 aromatic heterocycles. The van der Waals surface area contributed by atoms with E-state index in [1.165, 1.54) is 20.1 Å². The zero-order valence-electron chi connectivity index (χ0n) is 12.7. The van der Waals surface area contributed by atoms with Gasteiger partial charge in [-0.3, -0.25) is 4.79 Å². The van der Waals surface area contributed by atoms with Crippen LogP contribution in [0.5, 0.6) is 0 Å². The number of rotatable bonds is 6. The van der Waals surface area contributed by atoms with Crippen LogP contribution in [-0.4, -0.2) is 55.0 Å². The van der Waals surface area contributed by atoms with Crippen LogP contribution in [0.3, 0.4) is 0 Å². The summed E-state index contributed by atoms with van der Waals surface area (Å²) < 4.78 is 10.2. The zero-order valence-corrected chi connectivity index (χ0v) is 12.7. The highest BCUT2D eigenvalue weighted by Crippen LogP contribution is 2.25. The summed E-state index contributed by atoms with van der Waals surface area (Å²) in [4.78, 5) is 25.8. The number of hydrogen-bond acceptors (Lipinski definition) is 6. The molecule has 1 rings (SSSR count). The van der Waals surface area contributed by atoms with Crippen molar-refractivity contribution in [3.05, 3.63) is 22.1 Å². The first-order valence-corrected chi connectivity index (χ1v) is 6.79. The van der Waals surface area contributed by atoms with Gasteiger partial charge in [0.2, 0.25) is 5.91 Å². The van der Waals surface area contributed by atoms with Gasteiger partial charge >= 0.3 is 5.97 Å². The number of nitrogens with zero attached hydrogens (tertiary/aromatic N) is 3. The van der Waals surface area contributed by atoms with Gasteiger partial charge in [-0.15, -0.1) is 0 Å². The lowest BCUT2D eigenvalue weighted by atomic mass is 9.88. The molecule has 0 aromatic carbocycles. The summed E-state index contributed by atoms with van der Waals surface area (Å²) in [7, 11) is 1.25. The number of aliphatic hydroxyl groups excluding tert-OH is 1. The van der Waals surface area contributed by atoms with E-state index in [0.29, 0.717) is 5.57 Å². The van der Waals surface area contributed by atoms with Crippen LogP contribution < -0.4 is 5.32 Å². The SMILES string of the molecule is COC(=O)C1=C[C@@H](OCC(C)O)[C@H](NC(C)=O)[C@@H](N=[N+]=[N-])C1. The Kier molecular flexibility index (Phi) is 6.84. The van der Waals surface area contributed by atoms with Gasteiger partial charge in [0.25, 0.3) is 0 Å². The molecule has 0 aromatic rings. The van der Waals surface area contributed by atoms with Gasteiger partial charge in [0.05, 0.1) is 38.0 Å². The fourth-order valence-corrected chi connectivity index (χ4v) is 2.22. The number of hydrogen-bond donors (Lipinski definition) is 2. The van der Waals surface area contributed by atoms with E-state index in [1.807, 2.05) is 0 Å². The molecule has 122 valence electrons. The lowest BCUT2D eigenvalue weighted by Gasteiger charge is -2.34. The van der Waals surface area contributed by atoms with Gasteiger partial charge in [0.1, 0.15) is 0 Å². The molecular weight excluding hydrogens is 292 g/mol. The van der Waals surface area contributed by atoms with Crippen molar-refractivity contribution in [3.63, 3.8) is 0 Å². The molecule has 1 aliphatic carbocycles. The third kappa shape index (κ3) is 5.03. The molecule has 0 fully saturated rings. The van der Waals surface area contributed by atoms with Crippen LogP contribution in [0.15, 0.2) is 16.8 Å². The number of esters is 1. The summed E-state index contributed by atoms with van der Waals surface area (Å²) in [5.41, 5.74) is 8.99. The second-order valence-corrected chi connectivity index (χ2v) is 5.03. The van der Waals surface area contributed by atoms with Crippen LogP contribution in [-0.2, 0) is 19.1 Å². The minimum Gasteiger partial charge on any atom is -0.466 e. The number of amides is 1. The Hall–Kier alpha value is -2.09. The topological polar surface area (TPSA) is 134 Å². The lowest BCUT2D eigenvalue weighted by Crippen LogP contribution is -2.52. The smallest absolute Gasteiger partial charge is 0.333 e. The van der Waals surface area contributed by atoms with Crippen molar-refractivity contribution in [1.82, 2.24) is 5.32 Å². The molecule has 0 radical (unpaired) electrons. The van der Waals surface area contributed by atoms with E-state index in [0.717, 1.165) is 0 Å². The van der Waals surface area contributed by atoms with Crippen molar-refractivity contribution in [1.29, 1.82) is 0 Å². The molecule has 0 spiro atoms. The van der Waals surface area contributed by atoms with Crippen LogP contribution in [0, 0.1) is 0 Å². The molecule has 0 heterocycles. The van der Waals surface area contributed by atoms with Gasteiger partial charge in [0.15, 0.2) is 0 Å². The van der Waals surface area contributed by atoms with Crippen molar-refractivity contribution in [3.8, 4) is 0 Å². The Morgan fingerprint density at radius 2 is 2.32 bits per heavy atom. The third-order valence-electron chi connectivity index (χ3n) is 3.11. The maximum Gasteiger partial charge on any atom is 0.333 e. The number of nitrogens with one attached hydrogen (secondary N) is 1. The fourth-order valence-electron chi connectivity index (χ4n) is 2.22. The molecule has 4 atom stereocenters. The minimum atomic E-state index is -0.715. The van der Waals surface area contributed by atoms with E-state index in [2.05, 4.69) is 20.1 Å². The van der Waals surface area contributed by atoms with Crippen molar-refractivity contribution in [2.75, 3.05) is 13.7 Å². The summed E-state index contributed by atoms with van der Waals surface area (Å²) in [6.45, 7) is 2.89. The molecule has 1 aliphatic rings. The third-order valence-corrected chi connectivity index (χ3v) is 3.11. The highest BCUT2D eigenvalue weighted by molar-refractivity contribution is 5.89. The van der Waals surface area contributed by atoms with E-state index in [1.54, 1.807) is 6.92 Å². The van der Waals surface area contributed by atoms with Crippen LogP contribution in [0.2, 0.25) is 0 Å². The van der Waals surface area contributed by atoms with E-state index in [-0.39, 0.29) is 18.9 Å². The molecular formula is C13H20N4O5. The number of azide groups is 1. The maximum atomic E-state index is 11.7. The Morgan fingerprint density at radius 1 is 1.64 bits per heavy atom.